The van der Waals surface area contributed by atoms with Crippen molar-refractivity contribution in [2.45, 2.75) is 58.2 Å². The molecular formula is C23H32BF3N4O4S. The lowest BCUT2D eigenvalue weighted by atomic mass is 9.63. The van der Waals surface area contributed by atoms with Crippen LogP contribution in [0.3, 0.4) is 0 Å². The van der Waals surface area contributed by atoms with E-state index in [1.54, 1.807) is 24.4 Å². The van der Waals surface area contributed by atoms with E-state index in [2.05, 4.69) is 30.8 Å². The largest absolute Gasteiger partial charge is 0.477 e. The van der Waals surface area contributed by atoms with Crippen LogP contribution in [-0.4, -0.2) is 71.9 Å². The maximum Gasteiger partial charge on any atom is 0.394 e. The third-order valence-corrected chi connectivity index (χ3v) is 8.04. The molecule has 1 N–H and O–H groups in total. The fraction of sp³-hybridized carbons (Fsp3) is 0.652. The Morgan fingerprint density at radius 1 is 1.25 bits per heavy atom. The molecule has 1 atom stereocenters. The maximum absolute atomic E-state index is 13.1. The first kappa shape index (κ1) is 26.8. The summed E-state index contributed by atoms with van der Waals surface area (Å²) in [5.41, 5.74) is -1.91. The van der Waals surface area contributed by atoms with Crippen molar-refractivity contribution >= 4 is 28.0 Å². The van der Waals surface area contributed by atoms with Gasteiger partial charge in [-0.2, -0.15) is 13.2 Å². The average molecular weight is 528 g/mol. The van der Waals surface area contributed by atoms with E-state index >= 15 is 0 Å². The maximum atomic E-state index is 13.1. The summed E-state index contributed by atoms with van der Waals surface area (Å²) in [7, 11) is -3.44. The van der Waals surface area contributed by atoms with Crippen molar-refractivity contribution in [3.63, 3.8) is 0 Å². The second-order valence-electron chi connectivity index (χ2n) is 10.9. The van der Waals surface area contributed by atoms with Gasteiger partial charge in [-0.05, 0) is 57.0 Å². The van der Waals surface area contributed by atoms with Crippen LogP contribution in [0, 0.1) is 11.3 Å². The van der Waals surface area contributed by atoms with Crippen molar-refractivity contribution in [2.24, 2.45) is 11.3 Å². The molecule has 8 nitrogen and oxygen atoms in total. The van der Waals surface area contributed by atoms with E-state index in [1.807, 2.05) is 0 Å². The minimum Gasteiger partial charge on any atom is -0.477 e. The van der Waals surface area contributed by atoms with E-state index in [0.717, 1.165) is 12.7 Å². The first-order valence-electron chi connectivity index (χ1n) is 12.0. The van der Waals surface area contributed by atoms with Crippen LogP contribution in [0.15, 0.2) is 24.4 Å². The van der Waals surface area contributed by atoms with Crippen LogP contribution in [0.25, 0.3) is 5.82 Å². The number of aromatic nitrogens is 3. The van der Waals surface area contributed by atoms with Gasteiger partial charge in [-0.25, -0.2) is 18.1 Å². The number of anilines is 1. The van der Waals surface area contributed by atoms with Gasteiger partial charge in [0.25, 0.3) is 0 Å². The van der Waals surface area contributed by atoms with E-state index in [0.29, 0.717) is 29.6 Å². The number of pyridine rings is 1. The minimum absolute atomic E-state index is 0.0916. The highest BCUT2D eigenvalue weighted by atomic mass is 32.2. The Morgan fingerprint density at radius 3 is 2.50 bits per heavy atom. The summed E-state index contributed by atoms with van der Waals surface area (Å²) in [6.45, 7) is 5.63. The van der Waals surface area contributed by atoms with Crippen molar-refractivity contribution in [3.05, 3.63) is 24.4 Å². The molecule has 0 aromatic carbocycles. The second-order valence-corrected chi connectivity index (χ2v) is 13.1. The van der Waals surface area contributed by atoms with E-state index in [9.17, 15) is 26.6 Å². The highest BCUT2D eigenvalue weighted by molar-refractivity contribution is 7.92. The van der Waals surface area contributed by atoms with Gasteiger partial charge in [0.2, 0.25) is 5.88 Å². The summed E-state index contributed by atoms with van der Waals surface area (Å²) in [6, 6.07) is 4.83. The first-order chi connectivity index (χ1) is 16.6. The normalized spacial score (nSPS) is 21.0. The summed E-state index contributed by atoms with van der Waals surface area (Å²) in [4.78, 5) is 6.83. The molecule has 2 aromatic heterocycles. The summed E-state index contributed by atoms with van der Waals surface area (Å²) < 4.78 is 70.0. The highest BCUT2D eigenvalue weighted by Gasteiger charge is 2.62. The molecule has 0 spiro atoms. The van der Waals surface area contributed by atoms with Crippen molar-refractivity contribution in [1.82, 2.24) is 14.8 Å². The molecule has 0 bridgehead atoms. The third kappa shape index (κ3) is 5.66. The molecule has 3 heterocycles. The average Bonchev–Trinajstić information content (AvgIpc) is 3.30. The highest BCUT2D eigenvalue weighted by Crippen LogP contribution is 2.59. The van der Waals surface area contributed by atoms with E-state index in [4.69, 9.17) is 9.72 Å². The quantitative estimate of drug-likeness (QED) is 0.500. The van der Waals surface area contributed by atoms with Gasteiger partial charge in [-0.1, -0.05) is 13.0 Å². The number of rotatable bonds is 9. The summed E-state index contributed by atoms with van der Waals surface area (Å²) in [5, 5.41) is 15.1. The molecule has 1 saturated carbocycles. The Morgan fingerprint density at radius 2 is 1.94 bits per heavy atom. The van der Waals surface area contributed by atoms with Crippen molar-refractivity contribution in [2.75, 3.05) is 30.0 Å². The predicted octanol–water partition coefficient (Wildman–Crippen LogP) is 2.78. The van der Waals surface area contributed by atoms with Gasteiger partial charge in [0.1, 0.15) is 15.7 Å². The van der Waals surface area contributed by atoms with Crippen molar-refractivity contribution < 1.29 is 31.3 Å². The molecule has 1 aliphatic carbocycles. The topological polar surface area (TPSA) is 97.6 Å². The summed E-state index contributed by atoms with van der Waals surface area (Å²) in [6.07, 6.45) is -0.498. The smallest absolute Gasteiger partial charge is 0.394 e. The number of halogens is 3. The molecule has 2 fully saturated rings. The summed E-state index contributed by atoms with van der Waals surface area (Å²) >= 11 is 0. The van der Waals surface area contributed by atoms with Gasteiger partial charge in [-0.15, -0.1) is 5.10 Å². The Bertz CT molecular complexity index is 1210. The van der Waals surface area contributed by atoms with Crippen LogP contribution >= 0.6 is 0 Å². The Balaban J connectivity index is 1.57. The van der Waals surface area contributed by atoms with Gasteiger partial charge < -0.3 is 14.7 Å². The fourth-order valence-electron chi connectivity index (χ4n) is 5.08. The molecule has 1 aliphatic heterocycles. The molecule has 0 amide bonds. The van der Waals surface area contributed by atoms with Gasteiger partial charge in [0.05, 0.1) is 17.7 Å². The van der Waals surface area contributed by atoms with Crippen molar-refractivity contribution in [3.8, 4) is 11.7 Å². The minimum atomic E-state index is -4.22. The lowest BCUT2D eigenvalue weighted by Crippen LogP contribution is -2.47. The van der Waals surface area contributed by atoms with Gasteiger partial charge >= 0.3 is 13.1 Å². The third-order valence-electron chi connectivity index (χ3n) is 7.12. The molecule has 1 saturated heterocycles. The van der Waals surface area contributed by atoms with E-state index in [1.165, 1.54) is 4.68 Å². The van der Waals surface area contributed by atoms with E-state index < -0.39 is 34.0 Å². The number of alkyl halides is 3. The second kappa shape index (κ2) is 9.23. The van der Waals surface area contributed by atoms with Gasteiger partial charge in [0.15, 0.2) is 5.82 Å². The van der Waals surface area contributed by atoms with Crippen LogP contribution in [0.1, 0.15) is 46.5 Å². The zero-order chi connectivity index (χ0) is 26.5. The molecule has 198 valence electrons. The monoisotopic (exact) mass is 528 g/mol. The number of hydrogen-bond acceptors (Lipinski definition) is 7. The molecular weight excluding hydrogens is 496 g/mol. The SMILES string of the molecule is C[C@@H]1CN(c2nc(-n3ccc(OCCC4(C(F)(F)F)CC4)n3)ccc2B(O)CS(C)(=O)=O)C(C)(C)C1. The lowest BCUT2D eigenvalue weighted by molar-refractivity contribution is -0.190. The Kier molecular flexibility index (Phi) is 6.87. The number of sulfone groups is 1. The first-order valence-corrected chi connectivity index (χ1v) is 14.1. The van der Waals surface area contributed by atoms with Crippen LogP contribution in [0.2, 0.25) is 0 Å². The molecule has 2 aromatic rings. The van der Waals surface area contributed by atoms with Crippen LogP contribution in [-0.2, 0) is 9.84 Å². The Labute approximate surface area is 209 Å². The molecule has 2 aliphatic rings. The predicted molar refractivity (Wildman–Crippen MR) is 132 cm³/mol. The zero-order valence-electron chi connectivity index (χ0n) is 20.9. The molecule has 13 heteroatoms. The summed E-state index contributed by atoms with van der Waals surface area (Å²) in [5.74, 6) is 1.46. The Hall–Kier alpha value is -2.28. The molecule has 4 rings (SSSR count). The van der Waals surface area contributed by atoms with Crippen molar-refractivity contribution in [1.29, 1.82) is 0 Å². The number of ether oxygens (including phenoxy) is 1. The van der Waals surface area contributed by atoms with Crippen LogP contribution in [0.4, 0.5) is 19.0 Å². The molecule has 36 heavy (non-hydrogen) atoms. The molecule has 0 radical (unpaired) electrons. The number of hydrogen-bond donors (Lipinski definition) is 1. The molecule has 0 unspecified atom stereocenters. The van der Waals surface area contributed by atoms with Crippen LogP contribution in [0.5, 0.6) is 5.88 Å². The number of nitrogens with zero attached hydrogens (tertiary/aromatic N) is 4. The van der Waals surface area contributed by atoms with Gasteiger partial charge in [0, 0.05) is 30.6 Å². The zero-order valence-corrected chi connectivity index (χ0v) is 21.7. The lowest BCUT2D eigenvalue weighted by Gasteiger charge is -2.34. The van der Waals surface area contributed by atoms with E-state index in [-0.39, 0.29) is 37.3 Å². The van der Waals surface area contributed by atoms with Crippen LogP contribution < -0.4 is 15.1 Å². The standard InChI is InChI=1S/C23H32BF3N4O4S/c1-16-13-21(2,3)30(14-16)20-17(24(32)15-36(4,33)34)5-6-18(28-20)31-11-7-19(29-31)35-12-10-22(8-9-22)23(25,26)27/h5-7,11,16,32H,8-10,12-15H2,1-4H3/t16-/m0/s1. The van der Waals surface area contributed by atoms with Gasteiger partial charge in [-0.3, -0.25) is 0 Å². The fourth-order valence-corrected chi connectivity index (χ4v) is 5.83.